The Bertz CT molecular complexity index is 146. The molecule has 1 aliphatic carbocycles. The number of rotatable bonds is 2. The fourth-order valence-electron chi connectivity index (χ4n) is 1.80. The maximum atomic E-state index is 11.2. The van der Waals surface area contributed by atoms with Crippen LogP contribution in [0.2, 0.25) is 0 Å². The minimum atomic E-state index is -0.281. The number of aliphatic hydroxyl groups is 1. The van der Waals surface area contributed by atoms with Crippen LogP contribution in [0.15, 0.2) is 0 Å². The Kier molecular flexibility index (Phi) is 2.66. The van der Waals surface area contributed by atoms with Crippen molar-refractivity contribution in [1.29, 1.82) is 0 Å². The van der Waals surface area contributed by atoms with E-state index in [2.05, 4.69) is 0 Å². The van der Waals surface area contributed by atoms with Crippen molar-refractivity contribution in [2.75, 3.05) is 6.61 Å². The van der Waals surface area contributed by atoms with E-state index in [9.17, 15) is 4.79 Å². The van der Waals surface area contributed by atoms with E-state index in [1.165, 1.54) is 6.42 Å². The minimum Gasteiger partial charge on any atom is -0.389 e. The van der Waals surface area contributed by atoms with Gasteiger partial charge in [-0.3, -0.25) is 4.79 Å². The summed E-state index contributed by atoms with van der Waals surface area (Å²) in [5, 5.41) is 8.70. The first kappa shape index (κ1) is 8.72. The van der Waals surface area contributed by atoms with Crippen molar-refractivity contribution in [3.8, 4) is 0 Å². The fourth-order valence-corrected chi connectivity index (χ4v) is 1.80. The van der Waals surface area contributed by atoms with Crippen molar-refractivity contribution in [1.82, 2.24) is 0 Å². The molecule has 1 fully saturated rings. The van der Waals surface area contributed by atoms with E-state index in [0.717, 1.165) is 25.7 Å². The second-order valence-corrected chi connectivity index (χ2v) is 3.70. The van der Waals surface area contributed by atoms with Crippen LogP contribution in [0.5, 0.6) is 0 Å². The maximum Gasteiger partial charge on any atom is 0.164 e. The molecule has 2 heteroatoms. The topological polar surface area (TPSA) is 37.3 Å². The highest BCUT2D eigenvalue weighted by molar-refractivity contribution is 5.85. The lowest BCUT2D eigenvalue weighted by molar-refractivity contribution is -0.132. The molecule has 1 N–H and O–H groups in total. The summed E-state index contributed by atoms with van der Waals surface area (Å²) in [7, 11) is 0. The van der Waals surface area contributed by atoms with Gasteiger partial charge >= 0.3 is 0 Å². The summed E-state index contributed by atoms with van der Waals surface area (Å²) in [5.41, 5.74) is -0.201. The number of aliphatic hydroxyl groups excluding tert-OH is 1. The summed E-state index contributed by atoms with van der Waals surface area (Å²) in [5.74, 6) is 0.0252. The lowest BCUT2D eigenvalue weighted by Gasteiger charge is -2.31. The van der Waals surface area contributed by atoms with Gasteiger partial charge in [-0.15, -0.1) is 0 Å². The largest absolute Gasteiger partial charge is 0.389 e. The average Bonchev–Trinajstić information content (AvgIpc) is 2.04. The molecule has 0 aromatic rings. The molecule has 0 atom stereocenters. The number of carbonyl (C=O) groups is 1. The molecule has 0 saturated heterocycles. The average molecular weight is 156 g/mol. The zero-order valence-corrected chi connectivity index (χ0v) is 7.10. The Hall–Kier alpha value is -0.370. The van der Waals surface area contributed by atoms with Crippen molar-refractivity contribution in [3.63, 3.8) is 0 Å². The molecule has 1 rings (SSSR count). The first-order valence-electron chi connectivity index (χ1n) is 4.33. The SMILES string of the molecule is CC1(C(=O)CO)CCCCC1. The zero-order chi connectivity index (χ0) is 8.32. The van der Waals surface area contributed by atoms with Gasteiger partial charge in [0.2, 0.25) is 0 Å². The van der Waals surface area contributed by atoms with Crippen LogP contribution in [0.25, 0.3) is 0 Å². The van der Waals surface area contributed by atoms with E-state index in [-0.39, 0.29) is 17.8 Å². The van der Waals surface area contributed by atoms with Gasteiger partial charge in [0.25, 0.3) is 0 Å². The van der Waals surface area contributed by atoms with E-state index in [0.29, 0.717) is 0 Å². The predicted octanol–water partition coefficient (Wildman–Crippen LogP) is 1.52. The quantitative estimate of drug-likeness (QED) is 0.658. The second-order valence-electron chi connectivity index (χ2n) is 3.70. The molecule has 0 heterocycles. The smallest absolute Gasteiger partial charge is 0.164 e. The third kappa shape index (κ3) is 1.80. The van der Waals surface area contributed by atoms with Crippen LogP contribution in [-0.2, 0) is 4.79 Å². The van der Waals surface area contributed by atoms with Gasteiger partial charge in [0.15, 0.2) is 5.78 Å². The first-order chi connectivity index (χ1) is 5.19. The van der Waals surface area contributed by atoms with Crippen LogP contribution >= 0.6 is 0 Å². The summed E-state index contributed by atoms with van der Waals surface area (Å²) < 4.78 is 0. The van der Waals surface area contributed by atoms with Crippen molar-refractivity contribution < 1.29 is 9.90 Å². The van der Waals surface area contributed by atoms with Gasteiger partial charge in [-0.2, -0.15) is 0 Å². The molecule has 0 bridgehead atoms. The molecule has 0 unspecified atom stereocenters. The Morgan fingerprint density at radius 2 is 1.91 bits per heavy atom. The second kappa shape index (κ2) is 3.35. The molecule has 0 amide bonds. The highest BCUT2D eigenvalue weighted by Crippen LogP contribution is 2.36. The number of ketones is 1. The lowest BCUT2D eigenvalue weighted by atomic mass is 9.73. The summed E-state index contributed by atoms with van der Waals surface area (Å²) in [6, 6.07) is 0. The standard InChI is InChI=1S/C9H16O2/c1-9(8(11)7-10)5-3-2-4-6-9/h10H,2-7H2,1H3. The van der Waals surface area contributed by atoms with Gasteiger partial charge in [-0.25, -0.2) is 0 Å². The lowest BCUT2D eigenvalue weighted by Crippen LogP contribution is -2.32. The molecule has 11 heavy (non-hydrogen) atoms. The number of carbonyl (C=O) groups excluding carboxylic acids is 1. The van der Waals surface area contributed by atoms with Crippen LogP contribution in [0.4, 0.5) is 0 Å². The van der Waals surface area contributed by atoms with Crippen molar-refractivity contribution in [3.05, 3.63) is 0 Å². The molecular formula is C9H16O2. The van der Waals surface area contributed by atoms with Gasteiger partial charge in [-0.1, -0.05) is 26.2 Å². The molecule has 1 aliphatic rings. The summed E-state index contributed by atoms with van der Waals surface area (Å²) >= 11 is 0. The van der Waals surface area contributed by atoms with Crippen molar-refractivity contribution >= 4 is 5.78 Å². The van der Waals surface area contributed by atoms with E-state index >= 15 is 0 Å². The van der Waals surface area contributed by atoms with E-state index < -0.39 is 0 Å². The number of hydrogen-bond acceptors (Lipinski definition) is 2. The highest BCUT2D eigenvalue weighted by Gasteiger charge is 2.33. The molecule has 64 valence electrons. The van der Waals surface area contributed by atoms with Crippen molar-refractivity contribution in [2.24, 2.45) is 5.41 Å². The zero-order valence-electron chi connectivity index (χ0n) is 7.10. The maximum absolute atomic E-state index is 11.2. The summed E-state index contributed by atoms with van der Waals surface area (Å²) in [6.07, 6.45) is 5.46. The van der Waals surface area contributed by atoms with Crippen LogP contribution in [-0.4, -0.2) is 17.5 Å². The van der Waals surface area contributed by atoms with Crippen LogP contribution in [0.1, 0.15) is 39.0 Å². The first-order valence-corrected chi connectivity index (χ1v) is 4.33. The van der Waals surface area contributed by atoms with Gasteiger partial charge in [0.05, 0.1) is 0 Å². The molecule has 0 spiro atoms. The number of hydrogen-bond donors (Lipinski definition) is 1. The fraction of sp³-hybridized carbons (Fsp3) is 0.889. The molecule has 0 aromatic carbocycles. The van der Waals surface area contributed by atoms with Gasteiger partial charge in [-0.05, 0) is 12.8 Å². The Morgan fingerprint density at radius 1 is 1.36 bits per heavy atom. The summed E-state index contributed by atoms with van der Waals surface area (Å²) in [6.45, 7) is 1.70. The monoisotopic (exact) mass is 156 g/mol. The van der Waals surface area contributed by atoms with E-state index in [4.69, 9.17) is 5.11 Å². The third-order valence-corrected chi connectivity index (χ3v) is 2.77. The third-order valence-electron chi connectivity index (χ3n) is 2.77. The van der Waals surface area contributed by atoms with Crippen molar-refractivity contribution in [2.45, 2.75) is 39.0 Å². The summed E-state index contributed by atoms with van der Waals surface area (Å²) in [4.78, 5) is 11.2. The van der Waals surface area contributed by atoms with Crippen LogP contribution in [0, 0.1) is 5.41 Å². The molecule has 0 radical (unpaired) electrons. The molecular weight excluding hydrogens is 140 g/mol. The Morgan fingerprint density at radius 3 is 2.36 bits per heavy atom. The Balaban J connectivity index is 2.56. The van der Waals surface area contributed by atoms with E-state index in [1.54, 1.807) is 0 Å². The Labute approximate surface area is 67.6 Å². The minimum absolute atomic E-state index is 0.0252. The molecule has 2 nitrogen and oxygen atoms in total. The van der Waals surface area contributed by atoms with Gasteiger partial charge in [0, 0.05) is 5.41 Å². The predicted molar refractivity (Wildman–Crippen MR) is 43.3 cm³/mol. The van der Waals surface area contributed by atoms with Crippen LogP contribution < -0.4 is 0 Å². The van der Waals surface area contributed by atoms with E-state index in [1.807, 2.05) is 6.92 Å². The van der Waals surface area contributed by atoms with Crippen LogP contribution in [0.3, 0.4) is 0 Å². The molecule has 1 saturated carbocycles. The number of Topliss-reactive ketones (excluding diaryl/α,β-unsaturated/α-hetero) is 1. The van der Waals surface area contributed by atoms with Gasteiger partial charge < -0.3 is 5.11 Å². The highest BCUT2D eigenvalue weighted by atomic mass is 16.3. The molecule has 0 aromatic heterocycles. The van der Waals surface area contributed by atoms with Gasteiger partial charge in [0.1, 0.15) is 6.61 Å². The molecule has 0 aliphatic heterocycles. The normalized spacial score (nSPS) is 23.1.